The molecule has 1 amide bonds. The fourth-order valence-electron chi connectivity index (χ4n) is 3.69. The van der Waals surface area contributed by atoms with Crippen molar-refractivity contribution < 1.29 is 23.7 Å². The second kappa shape index (κ2) is 13.5. The molecule has 0 saturated carbocycles. The van der Waals surface area contributed by atoms with Gasteiger partial charge >= 0.3 is 0 Å². The van der Waals surface area contributed by atoms with Crippen molar-refractivity contribution >= 4 is 5.91 Å². The summed E-state index contributed by atoms with van der Waals surface area (Å²) in [5, 5.41) is 3.41. The summed E-state index contributed by atoms with van der Waals surface area (Å²) in [5.41, 5.74) is 0.597. The normalized spacial score (nSPS) is 16.5. The lowest BCUT2D eigenvalue weighted by atomic mass is 10.0. The summed E-state index contributed by atoms with van der Waals surface area (Å²) < 4.78 is 21.9. The van der Waals surface area contributed by atoms with E-state index in [1.165, 1.54) is 0 Å². The zero-order valence-electron chi connectivity index (χ0n) is 18.9. The molecule has 1 heterocycles. The van der Waals surface area contributed by atoms with Crippen molar-refractivity contribution in [2.24, 2.45) is 0 Å². The maximum atomic E-state index is 13.5. The maximum absolute atomic E-state index is 13.5. The Hall–Kier alpha value is -1.83. The van der Waals surface area contributed by atoms with E-state index >= 15 is 0 Å². The number of nitrogens with zero attached hydrogens (tertiary/aromatic N) is 1. The number of benzene rings is 1. The van der Waals surface area contributed by atoms with E-state index in [0.29, 0.717) is 43.5 Å². The summed E-state index contributed by atoms with van der Waals surface area (Å²) >= 11 is 0. The van der Waals surface area contributed by atoms with Crippen LogP contribution in [-0.2, 0) is 9.47 Å². The van der Waals surface area contributed by atoms with Crippen LogP contribution < -0.4 is 14.8 Å². The number of hydrogen-bond donors (Lipinski definition) is 1. The Kier molecular flexibility index (Phi) is 11.0. The molecular formula is C23H38N2O5. The largest absolute Gasteiger partial charge is 0.493 e. The van der Waals surface area contributed by atoms with Gasteiger partial charge < -0.3 is 29.2 Å². The van der Waals surface area contributed by atoms with Gasteiger partial charge in [-0.3, -0.25) is 4.79 Å². The highest BCUT2D eigenvalue weighted by Crippen LogP contribution is 2.26. The van der Waals surface area contributed by atoms with Crippen molar-refractivity contribution in [2.45, 2.75) is 51.6 Å². The first kappa shape index (κ1) is 24.4. The van der Waals surface area contributed by atoms with Gasteiger partial charge in [0.25, 0.3) is 5.91 Å². The highest BCUT2D eigenvalue weighted by atomic mass is 16.5. The van der Waals surface area contributed by atoms with Crippen LogP contribution in [0.3, 0.4) is 0 Å². The number of ether oxygens (including phenoxy) is 4. The van der Waals surface area contributed by atoms with Crippen LogP contribution in [0.2, 0.25) is 0 Å². The molecule has 1 aromatic rings. The van der Waals surface area contributed by atoms with E-state index in [2.05, 4.69) is 19.2 Å². The van der Waals surface area contributed by atoms with E-state index in [1.807, 2.05) is 23.1 Å². The van der Waals surface area contributed by atoms with Gasteiger partial charge in [0.2, 0.25) is 0 Å². The average molecular weight is 423 g/mol. The minimum atomic E-state index is 0.0165. The number of nitrogens with one attached hydrogen (secondary N) is 1. The highest BCUT2D eigenvalue weighted by Gasteiger charge is 2.29. The molecule has 170 valence electrons. The minimum Gasteiger partial charge on any atom is -0.493 e. The topological polar surface area (TPSA) is 69.3 Å². The first-order valence-electron chi connectivity index (χ1n) is 11.0. The van der Waals surface area contributed by atoms with Crippen LogP contribution in [0.25, 0.3) is 0 Å². The molecule has 30 heavy (non-hydrogen) atoms. The third kappa shape index (κ3) is 7.78. The van der Waals surface area contributed by atoms with Crippen LogP contribution in [0.5, 0.6) is 11.5 Å². The van der Waals surface area contributed by atoms with Crippen LogP contribution in [0.15, 0.2) is 18.2 Å². The number of hydrogen-bond acceptors (Lipinski definition) is 6. The second-order valence-corrected chi connectivity index (χ2v) is 7.89. The Morgan fingerprint density at radius 2 is 1.63 bits per heavy atom. The lowest BCUT2D eigenvalue weighted by Gasteiger charge is -2.37. The first-order chi connectivity index (χ1) is 14.6. The number of rotatable bonds is 13. The van der Waals surface area contributed by atoms with Crippen molar-refractivity contribution in [1.82, 2.24) is 10.2 Å². The molecule has 1 aliphatic heterocycles. The van der Waals surface area contributed by atoms with E-state index in [1.54, 1.807) is 14.2 Å². The van der Waals surface area contributed by atoms with Crippen LogP contribution in [0.1, 0.15) is 49.9 Å². The molecule has 1 atom stereocenters. The van der Waals surface area contributed by atoms with Crippen molar-refractivity contribution in [3.8, 4) is 11.5 Å². The molecule has 0 aliphatic carbocycles. The van der Waals surface area contributed by atoms with E-state index in [0.717, 1.165) is 38.8 Å². The third-order valence-electron chi connectivity index (χ3n) is 5.11. The average Bonchev–Trinajstić information content (AvgIpc) is 2.75. The molecular weight excluding hydrogens is 384 g/mol. The Morgan fingerprint density at radius 3 is 2.10 bits per heavy atom. The van der Waals surface area contributed by atoms with Crippen molar-refractivity contribution in [3.63, 3.8) is 0 Å². The molecule has 7 nitrogen and oxygen atoms in total. The van der Waals surface area contributed by atoms with Gasteiger partial charge in [0.15, 0.2) is 0 Å². The summed E-state index contributed by atoms with van der Waals surface area (Å²) in [6.45, 7) is 8.30. The summed E-state index contributed by atoms with van der Waals surface area (Å²) in [4.78, 5) is 15.5. The highest BCUT2D eigenvalue weighted by molar-refractivity contribution is 5.95. The molecule has 0 bridgehead atoms. The lowest BCUT2D eigenvalue weighted by molar-refractivity contribution is 0.0572. The second-order valence-electron chi connectivity index (χ2n) is 7.89. The quantitative estimate of drug-likeness (QED) is 0.493. The molecule has 1 N–H and O–H groups in total. The van der Waals surface area contributed by atoms with Gasteiger partial charge in [0.05, 0.1) is 13.2 Å². The molecule has 0 aromatic heterocycles. The molecule has 0 spiro atoms. The van der Waals surface area contributed by atoms with Gasteiger partial charge in [0, 0.05) is 70.5 Å². The number of carbonyl (C=O) groups excluding carboxylic acids is 1. The molecule has 0 radical (unpaired) electrons. The Labute approximate surface area is 181 Å². The van der Waals surface area contributed by atoms with Crippen LogP contribution in [0.4, 0.5) is 0 Å². The fourth-order valence-corrected chi connectivity index (χ4v) is 3.69. The predicted molar refractivity (Wildman–Crippen MR) is 118 cm³/mol. The fraction of sp³-hybridized carbons (Fsp3) is 0.696. The molecule has 1 saturated heterocycles. The zero-order valence-corrected chi connectivity index (χ0v) is 18.9. The van der Waals surface area contributed by atoms with Crippen molar-refractivity contribution in [3.05, 3.63) is 23.8 Å². The van der Waals surface area contributed by atoms with E-state index in [9.17, 15) is 4.79 Å². The molecule has 1 aliphatic rings. The summed E-state index contributed by atoms with van der Waals surface area (Å²) in [6.07, 6.45) is 3.66. The van der Waals surface area contributed by atoms with Crippen LogP contribution in [0, 0.1) is 0 Å². The number of piperidine rings is 1. The van der Waals surface area contributed by atoms with E-state index in [4.69, 9.17) is 18.9 Å². The van der Waals surface area contributed by atoms with Gasteiger partial charge in [-0.15, -0.1) is 0 Å². The molecule has 0 unspecified atom stereocenters. The first-order valence-corrected chi connectivity index (χ1v) is 11.0. The SMILES string of the molecule is COCCCOc1cc(OCCCOC)cc(C(=O)N(C(C)C)[C@@H]2CCCNC2)c1. The van der Waals surface area contributed by atoms with Gasteiger partial charge in [-0.2, -0.15) is 0 Å². The number of carbonyl (C=O) groups is 1. The number of methoxy groups -OCH3 is 2. The summed E-state index contributed by atoms with van der Waals surface area (Å²) in [7, 11) is 3.34. The van der Waals surface area contributed by atoms with Gasteiger partial charge in [-0.05, 0) is 45.4 Å². The van der Waals surface area contributed by atoms with Crippen molar-refractivity contribution in [2.75, 3.05) is 53.7 Å². The van der Waals surface area contributed by atoms with Crippen LogP contribution in [-0.4, -0.2) is 76.6 Å². The standard InChI is InChI=1S/C23H38N2O5/c1-18(2)25(20-8-5-9-24-17-20)23(26)19-14-21(29-12-6-10-27-3)16-22(15-19)30-13-7-11-28-4/h14-16,18,20,24H,5-13,17H2,1-4H3/t20-/m1/s1. The van der Waals surface area contributed by atoms with Crippen LogP contribution >= 0.6 is 0 Å². The molecule has 1 fully saturated rings. The lowest BCUT2D eigenvalue weighted by Crippen LogP contribution is -2.51. The smallest absolute Gasteiger partial charge is 0.254 e. The summed E-state index contributed by atoms with van der Waals surface area (Å²) in [6, 6.07) is 5.80. The Bertz CT molecular complexity index is 602. The molecule has 1 aromatic carbocycles. The Morgan fingerprint density at radius 1 is 1.03 bits per heavy atom. The Balaban J connectivity index is 2.19. The van der Waals surface area contributed by atoms with Gasteiger partial charge in [0.1, 0.15) is 11.5 Å². The van der Waals surface area contributed by atoms with Gasteiger partial charge in [-0.25, -0.2) is 0 Å². The van der Waals surface area contributed by atoms with Crippen molar-refractivity contribution in [1.29, 1.82) is 0 Å². The molecule has 7 heteroatoms. The third-order valence-corrected chi connectivity index (χ3v) is 5.11. The number of amides is 1. The minimum absolute atomic E-state index is 0.0165. The van der Waals surface area contributed by atoms with E-state index < -0.39 is 0 Å². The summed E-state index contributed by atoms with van der Waals surface area (Å²) in [5.74, 6) is 1.30. The van der Waals surface area contributed by atoms with Gasteiger partial charge in [-0.1, -0.05) is 0 Å². The maximum Gasteiger partial charge on any atom is 0.254 e. The zero-order chi connectivity index (χ0) is 21.8. The predicted octanol–water partition coefficient (Wildman–Crippen LogP) is 3.12. The molecule has 2 rings (SSSR count). The monoisotopic (exact) mass is 422 g/mol. The van der Waals surface area contributed by atoms with E-state index in [-0.39, 0.29) is 18.0 Å².